The van der Waals surface area contributed by atoms with Gasteiger partial charge in [0.25, 0.3) is 0 Å². The molecular formula is C40H48N4O4S2. The summed E-state index contributed by atoms with van der Waals surface area (Å²) in [5, 5.41) is 37.8. The standard InChI is InChI=1S/C40H48N4O4S2/c1-4-6-30-10-12-35(49-30)36-13-14-37(50-36)38(48)32-11-9-27-22-40(32)20-25(26(21-40)15-16-45)7-5-8-31-28(18-33(27)44-39(41)42-3)17-29(47)19-34(31)43-23-24(2)46/h10,12-14,17,19,24-27,32-33,43,45-47H,7,9,11,15-16,18,20-23H2,1-3H3,(H3,41,42,44)/t24-,25+,26+,27+,32+,33-,40+/m0/s1. The fourth-order valence-electron chi connectivity index (χ4n) is 8.78. The lowest BCUT2D eigenvalue weighted by molar-refractivity contribution is 0.0373. The van der Waals surface area contributed by atoms with Gasteiger partial charge in [0.15, 0.2) is 11.7 Å². The van der Waals surface area contributed by atoms with Crippen LogP contribution in [0.5, 0.6) is 5.75 Å². The van der Waals surface area contributed by atoms with Crippen molar-refractivity contribution < 1.29 is 20.1 Å². The molecule has 3 aliphatic rings. The van der Waals surface area contributed by atoms with Crippen LogP contribution in [0, 0.1) is 52.8 Å². The number of carbonyl (C=O) groups is 1. The number of rotatable bonds is 9. The molecule has 3 aliphatic carbocycles. The second-order valence-corrected chi connectivity index (χ2v) is 16.5. The predicted octanol–water partition coefficient (Wildman–Crippen LogP) is 6.24. The van der Waals surface area contributed by atoms with Crippen LogP contribution in [-0.4, -0.2) is 59.4 Å². The van der Waals surface area contributed by atoms with E-state index >= 15 is 0 Å². The second kappa shape index (κ2) is 15.6. The number of aromatic hydroxyl groups is 1. The van der Waals surface area contributed by atoms with E-state index in [2.05, 4.69) is 51.4 Å². The molecule has 3 aromatic rings. The van der Waals surface area contributed by atoms with Crippen molar-refractivity contribution in [1.82, 2.24) is 5.32 Å². The zero-order valence-electron chi connectivity index (χ0n) is 29.1. The number of hydrogen-bond donors (Lipinski definition) is 6. The smallest absolute Gasteiger partial charge is 0.188 e. The van der Waals surface area contributed by atoms with Gasteiger partial charge in [-0.3, -0.25) is 9.79 Å². The van der Waals surface area contributed by atoms with Crippen molar-refractivity contribution in [3.8, 4) is 39.2 Å². The molecule has 2 heterocycles. The highest BCUT2D eigenvalue weighted by Crippen LogP contribution is 2.60. The lowest BCUT2D eigenvalue weighted by atomic mass is 9.58. The number of hydrogen-bond acceptors (Lipinski definition) is 8. The monoisotopic (exact) mass is 712 g/mol. The molecule has 50 heavy (non-hydrogen) atoms. The van der Waals surface area contributed by atoms with Gasteiger partial charge in [-0.2, -0.15) is 0 Å². The van der Waals surface area contributed by atoms with Crippen molar-refractivity contribution in [2.45, 2.75) is 77.4 Å². The van der Waals surface area contributed by atoms with E-state index in [1.54, 1.807) is 48.8 Å². The van der Waals surface area contributed by atoms with E-state index in [1.807, 2.05) is 19.1 Å². The van der Waals surface area contributed by atoms with E-state index in [0.29, 0.717) is 37.5 Å². The summed E-state index contributed by atoms with van der Waals surface area (Å²) in [5.41, 5.74) is 8.50. The summed E-state index contributed by atoms with van der Waals surface area (Å²) in [7, 11) is 1.67. The third-order valence-corrected chi connectivity index (χ3v) is 13.3. The van der Waals surface area contributed by atoms with Gasteiger partial charge in [-0.05, 0) is 118 Å². The molecule has 264 valence electrons. The van der Waals surface area contributed by atoms with Crippen LogP contribution >= 0.6 is 22.7 Å². The Kier molecular flexibility index (Phi) is 11.2. The molecule has 1 aromatic carbocycles. The SMILES string of the molecule is CC#Cc1ccc(-c2ccc(C(=O)[C@H]3CC[C@@H]4C[C@]35C[C@@H](CC#Cc3c(cc(O)cc3NC[C@H](C)O)C[C@@H]4NC(N)=NC)[C@H](CCO)C5)s2)s1. The Morgan fingerprint density at radius 3 is 2.68 bits per heavy atom. The summed E-state index contributed by atoms with van der Waals surface area (Å²) < 4.78 is 0. The van der Waals surface area contributed by atoms with Crippen molar-refractivity contribution >= 4 is 40.1 Å². The molecule has 0 unspecified atom stereocenters. The van der Waals surface area contributed by atoms with Crippen molar-refractivity contribution in [2.24, 2.45) is 39.8 Å². The summed E-state index contributed by atoms with van der Waals surface area (Å²) in [6.07, 6.45) is 5.57. The molecule has 7 atom stereocenters. The Morgan fingerprint density at radius 1 is 1.14 bits per heavy atom. The van der Waals surface area contributed by atoms with E-state index in [4.69, 9.17) is 5.73 Å². The molecule has 2 fully saturated rings. The van der Waals surface area contributed by atoms with Gasteiger partial charge in [-0.25, -0.2) is 0 Å². The molecule has 0 radical (unpaired) electrons. The maximum atomic E-state index is 14.6. The van der Waals surface area contributed by atoms with E-state index in [0.717, 1.165) is 62.7 Å². The van der Waals surface area contributed by atoms with Crippen LogP contribution in [0.25, 0.3) is 9.75 Å². The number of aliphatic imine (C=N–C) groups is 1. The number of phenols is 1. The van der Waals surface area contributed by atoms with E-state index in [-0.39, 0.29) is 53.3 Å². The summed E-state index contributed by atoms with van der Waals surface area (Å²) >= 11 is 3.23. The van der Waals surface area contributed by atoms with E-state index in [1.165, 1.54) is 0 Å². The molecule has 6 rings (SSSR count). The number of aliphatic hydroxyl groups is 2. The first-order valence-corrected chi connectivity index (χ1v) is 19.3. The number of nitrogens with two attached hydrogens (primary N) is 1. The molecule has 8 nitrogen and oxygen atoms in total. The quantitative estimate of drug-likeness (QED) is 0.0668. The Morgan fingerprint density at radius 2 is 1.92 bits per heavy atom. The van der Waals surface area contributed by atoms with Gasteiger partial charge in [0.2, 0.25) is 0 Å². The number of aliphatic hydroxyl groups excluding tert-OH is 2. The number of nitrogens with zero attached hydrogens (tertiary/aromatic N) is 1. The summed E-state index contributed by atoms with van der Waals surface area (Å²) in [5.74, 6) is 14.3. The first kappa shape index (κ1) is 36.0. The normalized spacial score (nSPS) is 26.6. The van der Waals surface area contributed by atoms with Crippen LogP contribution in [0.2, 0.25) is 0 Å². The fourth-order valence-corrected chi connectivity index (χ4v) is 10.8. The van der Waals surface area contributed by atoms with Gasteiger partial charge in [-0.15, -0.1) is 28.6 Å². The molecule has 3 bridgehead atoms. The molecule has 0 saturated heterocycles. The lowest BCUT2D eigenvalue weighted by Crippen LogP contribution is -2.50. The molecule has 0 amide bonds. The zero-order valence-corrected chi connectivity index (χ0v) is 30.7. The lowest BCUT2D eigenvalue weighted by Gasteiger charge is -2.47. The summed E-state index contributed by atoms with van der Waals surface area (Å²) in [6.45, 7) is 3.99. The summed E-state index contributed by atoms with van der Waals surface area (Å²) in [4.78, 5) is 22.9. The number of fused-ring (bicyclic) bond motifs is 3. The molecular weight excluding hydrogens is 665 g/mol. The third-order valence-electron chi connectivity index (χ3n) is 11.0. The van der Waals surface area contributed by atoms with Crippen LogP contribution in [0.4, 0.5) is 5.69 Å². The van der Waals surface area contributed by atoms with Crippen molar-refractivity contribution in [1.29, 1.82) is 0 Å². The van der Waals surface area contributed by atoms with Crippen LogP contribution in [0.1, 0.15) is 84.5 Å². The van der Waals surface area contributed by atoms with Gasteiger partial charge in [0.05, 0.1) is 27.1 Å². The van der Waals surface area contributed by atoms with Gasteiger partial charge in [0.1, 0.15) is 5.75 Å². The van der Waals surface area contributed by atoms with Crippen LogP contribution in [-0.2, 0) is 6.42 Å². The minimum Gasteiger partial charge on any atom is -0.508 e. The largest absolute Gasteiger partial charge is 0.508 e. The third kappa shape index (κ3) is 7.75. The number of thiophene rings is 2. The van der Waals surface area contributed by atoms with Crippen molar-refractivity contribution in [2.75, 3.05) is 25.5 Å². The molecule has 0 aliphatic heterocycles. The Balaban J connectivity index is 1.38. The zero-order chi connectivity index (χ0) is 35.4. The van der Waals surface area contributed by atoms with Gasteiger partial charge < -0.3 is 31.7 Å². The van der Waals surface area contributed by atoms with E-state index in [9.17, 15) is 20.1 Å². The molecule has 10 heteroatoms. The number of nitrogens with one attached hydrogen (secondary N) is 2. The molecule has 2 aromatic heterocycles. The number of ketones is 1. The second-order valence-electron chi connectivity index (χ2n) is 14.3. The number of guanidine groups is 1. The maximum Gasteiger partial charge on any atom is 0.188 e. The van der Waals surface area contributed by atoms with Gasteiger partial charge in [-0.1, -0.05) is 17.8 Å². The number of carbonyl (C=O) groups excluding carboxylic acids is 1. The summed E-state index contributed by atoms with van der Waals surface area (Å²) in [6, 6.07) is 11.5. The van der Waals surface area contributed by atoms with Crippen molar-refractivity contribution in [3.63, 3.8) is 0 Å². The highest BCUT2D eigenvalue weighted by Gasteiger charge is 2.55. The Hall–Kier alpha value is -3.80. The highest BCUT2D eigenvalue weighted by molar-refractivity contribution is 7.23. The number of Topliss-reactive ketones (excluding diaryl/α,β-unsaturated/α-hetero) is 1. The van der Waals surface area contributed by atoms with E-state index < -0.39 is 6.10 Å². The number of benzene rings is 1. The molecule has 7 N–H and O–H groups in total. The maximum absolute atomic E-state index is 14.6. The Bertz CT molecular complexity index is 1860. The van der Waals surface area contributed by atoms with Crippen LogP contribution in [0.15, 0.2) is 41.4 Å². The topological polar surface area (TPSA) is 140 Å². The van der Waals surface area contributed by atoms with Crippen LogP contribution in [0.3, 0.4) is 0 Å². The van der Waals surface area contributed by atoms with Crippen molar-refractivity contribution in [3.05, 3.63) is 57.3 Å². The fraction of sp³-hybridized carbons (Fsp3) is 0.500. The first-order valence-electron chi connectivity index (χ1n) is 17.7. The average molecular weight is 713 g/mol. The molecule has 1 spiro atoms. The van der Waals surface area contributed by atoms with Crippen LogP contribution < -0.4 is 16.4 Å². The minimum atomic E-state index is -0.573. The predicted molar refractivity (Wildman–Crippen MR) is 204 cm³/mol. The van der Waals surface area contributed by atoms with Gasteiger partial charge in [0, 0.05) is 54.4 Å². The van der Waals surface area contributed by atoms with Gasteiger partial charge >= 0.3 is 0 Å². The highest BCUT2D eigenvalue weighted by atomic mass is 32.1. The first-order chi connectivity index (χ1) is 24.1. The minimum absolute atomic E-state index is 0.107. The number of anilines is 1. The number of phenolic OH excluding ortho intramolecular Hbond substituents is 1. The molecule has 2 saturated carbocycles. The average Bonchev–Trinajstić information content (AvgIpc) is 3.84. The Labute approximate surface area is 303 Å².